The minimum atomic E-state index is -0.205. The van der Waals surface area contributed by atoms with Crippen LogP contribution in [0, 0.1) is 0 Å². The first-order valence-corrected chi connectivity index (χ1v) is 8.07. The molecule has 5 nitrogen and oxygen atoms in total. The molecule has 0 bridgehead atoms. The molecule has 0 saturated carbocycles. The van der Waals surface area contributed by atoms with E-state index in [9.17, 15) is 4.79 Å². The molecule has 0 heterocycles. The average molecular weight is 369 g/mol. The molecule has 0 aliphatic rings. The second-order valence-corrected chi connectivity index (χ2v) is 5.64. The van der Waals surface area contributed by atoms with E-state index in [1.165, 1.54) is 0 Å². The normalized spacial score (nSPS) is 10.3. The minimum absolute atomic E-state index is 0.148. The second kappa shape index (κ2) is 9.37. The third-order valence-corrected chi connectivity index (χ3v) is 3.94. The fourth-order valence-corrected chi connectivity index (χ4v) is 2.26. The van der Waals surface area contributed by atoms with E-state index < -0.39 is 0 Å². The first-order valence-electron chi connectivity index (χ1n) is 7.31. The largest absolute Gasteiger partial charge is 0.497 e. The van der Waals surface area contributed by atoms with Crippen molar-refractivity contribution in [3.8, 4) is 11.5 Å². The molecule has 2 N–H and O–H groups in total. The number of benzene rings is 2. The third-order valence-electron chi connectivity index (χ3n) is 3.12. The van der Waals surface area contributed by atoms with E-state index >= 15 is 0 Å². The molecule has 1 amide bonds. The molecule has 2 aromatic rings. The highest BCUT2D eigenvalue weighted by Crippen LogP contribution is 2.29. The number of carbonyl (C=O) groups is 1. The van der Waals surface area contributed by atoms with Crippen molar-refractivity contribution in [3.05, 3.63) is 52.5 Å². The number of methoxy groups -OCH3 is 1. The van der Waals surface area contributed by atoms with Gasteiger partial charge in [-0.1, -0.05) is 29.3 Å². The first-order chi connectivity index (χ1) is 11.6. The molecule has 0 spiro atoms. The fraction of sp³-hybridized carbons (Fsp3) is 0.235. The molecule has 0 radical (unpaired) electrons. The summed E-state index contributed by atoms with van der Waals surface area (Å²) in [5.41, 5.74) is 0.491. The van der Waals surface area contributed by atoms with Crippen LogP contribution < -0.4 is 20.1 Å². The van der Waals surface area contributed by atoms with E-state index in [1.807, 2.05) is 24.3 Å². The van der Waals surface area contributed by atoms with Gasteiger partial charge in [-0.15, -0.1) is 0 Å². The van der Waals surface area contributed by atoms with Gasteiger partial charge in [-0.25, -0.2) is 0 Å². The lowest BCUT2D eigenvalue weighted by molar-refractivity contribution is -0.115. The highest BCUT2D eigenvalue weighted by molar-refractivity contribution is 6.43. The van der Waals surface area contributed by atoms with Crippen LogP contribution in [0.5, 0.6) is 11.5 Å². The predicted octanol–water partition coefficient (Wildman–Crippen LogP) is 3.61. The summed E-state index contributed by atoms with van der Waals surface area (Å²) in [6.45, 7) is 1.12. The number of hydrogen-bond acceptors (Lipinski definition) is 4. The number of ether oxygens (including phenoxy) is 2. The number of rotatable bonds is 8. The Bertz CT molecular complexity index is 678. The molecule has 0 aliphatic heterocycles. The summed E-state index contributed by atoms with van der Waals surface area (Å²) in [5.74, 6) is 1.31. The van der Waals surface area contributed by atoms with E-state index in [-0.39, 0.29) is 12.5 Å². The number of halogens is 2. The number of hydrogen-bond donors (Lipinski definition) is 2. The van der Waals surface area contributed by atoms with Gasteiger partial charge in [-0.3, -0.25) is 4.79 Å². The molecular weight excluding hydrogens is 351 g/mol. The topological polar surface area (TPSA) is 59.6 Å². The van der Waals surface area contributed by atoms with Crippen molar-refractivity contribution in [2.24, 2.45) is 0 Å². The van der Waals surface area contributed by atoms with Crippen LogP contribution in [0.4, 0.5) is 5.69 Å². The maximum absolute atomic E-state index is 11.8. The van der Waals surface area contributed by atoms with Gasteiger partial charge in [0.1, 0.15) is 18.1 Å². The Morgan fingerprint density at radius 3 is 2.50 bits per heavy atom. The van der Waals surface area contributed by atoms with Crippen LogP contribution in [0.25, 0.3) is 0 Å². The highest BCUT2D eigenvalue weighted by Gasteiger charge is 2.07. The van der Waals surface area contributed by atoms with Crippen molar-refractivity contribution in [3.63, 3.8) is 0 Å². The van der Waals surface area contributed by atoms with Gasteiger partial charge in [-0.2, -0.15) is 0 Å². The third kappa shape index (κ3) is 5.60. The Morgan fingerprint density at radius 1 is 1.08 bits per heavy atom. The summed E-state index contributed by atoms with van der Waals surface area (Å²) in [5, 5.41) is 6.42. The smallest absolute Gasteiger partial charge is 0.238 e. The highest BCUT2D eigenvalue weighted by atomic mass is 35.5. The molecule has 7 heteroatoms. The van der Waals surface area contributed by atoms with Crippen molar-refractivity contribution in [1.82, 2.24) is 5.32 Å². The molecular formula is C17H18Cl2N2O3. The molecule has 128 valence electrons. The zero-order valence-corrected chi connectivity index (χ0v) is 14.7. The predicted molar refractivity (Wildman–Crippen MR) is 96.5 cm³/mol. The summed E-state index contributed by atoms with van der Waals surface area (Å²) in [6.07, 6.45) is 0. The maximum Gasteiger partial charge on any atom is 0.238 e. The summed E-state index contributed by atoms with van der Waals surface area (Å²) >= 11 is 11.9. The Morgan fingerprint density at radius 2 is 1.79 bits per heavy atom. The van der Waals surface area contributed by atoms with Crippen molar-refractivity contribution in [1.29, 1.82) is 0 Å². The SMILES string of the molecule is COc1ccc(OCCNCC(=O)Nc2cccc(Cl)c2Cl)cc1. The van der Waals surface area contributed by atoms with Gasteiger partial charge in [0.2, 0.25) is 5.91 Å². The molecule has 0 atom stereocenters. The Balaban J connectivity index is 1.66. The Labute approximate surface area is 150 Å². The molecule has 0 aromatic heterocycles. The molecule has 0 fully saturated rings. The van der Waals surface area contributed by atoms with Gasteiger partial charge in [0.05, 0.1) is 29.4 Å². The van der Waals surface area contributed by atoms with Crippen LogP contribution in [0.3, 0.4) is 0 Å². The summed E-state index contributed by atoms with van der Waals surface area (Å²) in [6, 6.07) is 12.4. The number of anilines is 1. The summed E-state index contributed by atoms with van der Waals surface area (Å²) in [4.78, 5) is 11.8. The van der Waals surface area contributed by atoms with Gasteiger partial charge in [0.15, 0.2) is 0 Å². The average Bonchev–Trinajstić information content (AvgIpc) is 2.59. The molecule has 2 aromatic carbocycles. The Kier molecular flexibility index (Phi) is 7.18. The van der Waals surface area contributed by atoms with E-state index in [1.54, 1.807) is 25.3 Å². The lowest BCUT2D eigenvalue weighted by Gasteiger charge is -2.10. The molecule has 0 aliphatic carbocycles. The van der Waals surface area contributed by atoms with E-state index in [0.29, 0.717) is 28.9 Å². The minimum Gasteiger partial charge on any atom is -0.497 e. The summed E-state index contributed by atoms with van der Waals surface area (Å²) < 4.78 is 10.6. The summed E-state index contributed by atoms with van der Waals surface area (Å²) in [7, 11) is 1.61. The van der Waals surface area contributed by atoms with Gasteiger partial charge in [-0.05, 0) is 36.4 Å². The first kappa shape index (κ1) is 18.4. The van der Waals surface area contributed by atoms with Crippen molar-refractivity contribution in [2.45, 2.75) is 0 Å². The molecule has 24 heavy (non-hydrogen) atoms. The fourth-order valence-electron chi connectivity index (χ4n) is 1.91. The van der Waals surface area contributed by atoms with Crippen LogP contribution in [0.1, 0.15) is 0 Å². The lowest BCUT2D eigenvalue weighted by atomic mass is 10.3. The Hall–Kier alpha value is -1.95. The lowest BCUT2D eigenvalue weighted by Crippen LogP contribution is -2.31. The van der Waals surface area contributed by atoms with Gasteiger partial charge in [0, 0.05) is 6.54 Å². The van der Waals surface area contributed by atoms with Crippen LogP contribution in [0.2, 0.25) is 10.0 Å². The van der Waals surface area contributed by atoms with E-state index in [0.717, 1.165) is 11.5 Å². The molecule has 0 saturated heterocycles. The second-order valence-electron chi connectivity index (χ2n) is 4.85. The molecule has 2 rings (SSSR count). The number of amides is 1. The van der Waals surface area contributed by atoms with Crippen LogP contribution in [0.15, 0.2) is 42.5 Å². The quantitative estimate of drug-likeness (QED) is 0.698. The van der Waals surface area contributed by atoms with Crippen LogP contribution >= 0.6 is 23.2 Å². The van der Waals surface area contributed by atoms with Crippen LogP contribution in [-0.4, -0.2) is 32.7 Å². The zero-order chi connectivity index (χ0) is 17.4. The van der Waals surface area contributed by atoms with Gasteiger partial charge < -0.3 is 20.1 Å². The van der Waals surface area contributed by atoms with Gasteiger partial charge in [0.25, 0.3) is 0 Å². The maximum atomic E-state index is 11.8. The number of carbonyl (C=O) groups excluding carboxylic acids is 1. The standard InChI is InChI=1S/C17H18Cl2N2O3/c1-23-12-5-7-13(8-6-12)24-10-9-20-11-16(22)21-15-4-2-3-14(18)17(15)19/h2-8,20H,9-11H2,1H3,(H,21,22). The van der Waals surface area contributed by atoms with Crippen molar-refractivity contribution in [2.75, 3.05) is 32.1 Å². The van der Waals surface area contributed by atoms with Crippen LogP contribution in [-0.2, 0) is 4.79 Å². The van der Waals surface area contributed by atoms with E-state index in [4.69, 9.17) is 32.7 Å². The molecule has 0 unspecified atom stereocenters. The van der Waals surface area contributed by atoms with Crippen molar-refractivity contribution >= 4 is 34.8 Å². The zero-order valence-electron chi connectivity index (χ0n) is 13.1. The monoisotopic (exact) mass is 368 g/mol. The van der Waals surface area contributed by atoms with Gasteiger partial charge >= 0.3 is 0 Å². The van der Waals surface area contributed by atoms with Crippen molar-refractivity contribution < 1.29 is 14.3 Å². The number of nitrogens with one attached hydrogen (secondary N) is 2. The van der Waals surface area contributed by atoms with E-state index in [2.05, 4.69) is 10.6 Å².